The van der Waals surface area contributed by atoms with Crippen LogP contribution in [-0.2, 0) is 9.53 Å². The van der Waals surface area contributed by atoms with Crippen molar-refractivity contribution in [2.45, 2.75) is 19.3 Å². The second kappa shape index (κ2) is 8.96. The van der Waals surface area contributed by atoms with Gasteiger partial charge in [0, 0.05) is 12.2 Å². The molecule has 0 aliphatic carbocycles. The molecule has 1 atom stereocenters. The van der Waals surface area contributed by atoms with Crippen LogP contribution in [0.15, 0.2) is 54.6 Å². The summed E-state index contributed by atoms with van der Waals surface area (Å²) < 4.78 is 5.25. The minimum atomic E-state index is -0.394. The third-order valence-corrected chi connectivity index (χ3v) is 3.61. The van der Waals surface area contributed by atoms with Gasteiger partial charge in [0.05, 0.1) is 6.61 Å². The number of benzene rings is 2. The van der Waals surface area contributed by atoms with Crippen molar-refractivity contribution in [3.05, 3.63) is 65.7 Å². The van der Waals surface area contributed by atoms with Gasteiger partial charge in [0.25, 0.3) is 0 Å². The van der Waals surface area contributed by atoms with Gasteiger partial charge in [-0.1, -0.05) is 42.5 Å². The number of anilines is 1. The van der Waals surface area contributed by atoms with Crippen LogP contribution in [0.4, 0.5) is 5.69 Å². The predicted molar refractivity (Wildman–Crippen MR) is 93.5 cm³/mol. The fraction of sp³-hybridized carbons (Fsp3) is 0.316. The van der Waals surface area contributed by atoms with Crippen LogP contribution >= 0.6 is 0 Å². The Morgan fingerprint density at radius 3 is 2.35 bits per heavy atom. The fourth-order valence-corrected chi connectivity index (χ4v) is 2.46. The Kier molecular flexibility index (Phi) is 6.63. The van der Waals surface area contributed by atoms with Crippen LogP contribution in [0.25, 0.3) is 0 Å². The van der Waals surface area contributed by atoms with E-state index < -0.39 is 5.92 Å². The fourth-order valence-electron chi connectivity index (χ4n) is 2.46. The number of hydrogen-bond acceptors (Lipinski definition) is 4. The number of esters is 1. The van der Waals surface area contributed by atoms with Gasteiger partial charge in [-0.2, -0.15) is 0 Å². The van der Waals surface area contributed by atoms with E-state index in [1.54, 1.807) is 0 Å². The maximum absolute atomic E-state index is 12.4. The molecule has 0 aromatic heterocycles. The summed E-state index contributed by atoms with van der Waals surface area (Å²) in [5, 5.41) is 3.31. The number of nitrogens with two attached hydrogens (primary N) is 1. The van der Waals surface area contributed by atoms with Crippen LogP contribution in [0.5, 0.6) is 0 Å². The maximum atomic E-state index is 12.4. The van der Waals surface area contributed by atoms with Crippen molar-refractivity contribution in [1.29, 1.82) is 0 Å². The summed E-state index contributed by atoms with van der Waals surface area (Å²) in [6.07, 6.45) is 0.928. The Labute approximate surface area is 137 Å². The van der Waals surface area contributed by atoms with E-state index in [0.29, 0.717) is 13.2 Å². The van der Waals surface area contributed by atoms with Gasteiger partial charge in [-0.15, -0.1) is 0 Å². The summed E-state index contributed by atoms with van der Waals surface area (Å²) in [5.74, 6) is -0.614. The average Bonchev–Trinajstić information content (AvgIpc) is 2.58. The molecule has 0 saturated heterocycles. The number of carbonyl (C=O) groups is 1. The van der Waals surface area contributed by atoms with E-state index in [9.17, 15) is 4.79 Å². The lowest BCUT2D eigenvalue weighted by molar-refractivity contribution is -0.143. The molecule has 0 radical (unpaired) electrons. The summed E-state index contributed by atoms with van der Waals surface area (Å²) in [6.45, 7) is 3.71. The Bertz CT molecular complexity index is 597. The van der Waals surface area contributed by atoms with Gasteiger partial charge in [-0.05, 0) is 43.1 Å². The van der Waals surface area contributed by atoms with Gasteiger partial charge in [-0.3, -0.25) is 4.79 Å². The lowest BCUT2D eigenvalue weighted by Crippen LogP contribution is -2.17. The highest BCUT2D eigenvalue weighted by atomic mass is 16.5. The molecule has 1 unspecified atom stereocenters. The molecule has 0 aliphatic rings. The van der Waals surface area contributed by atoms with Crippen LogP contribution in [0, 0.1) is 0 Å². The lowest BCUT2D eigenvalue weighted by atomic mass is 9.91. The molecule has 0 spiro atoms. The molecule has 122 valence electrons. The van der Waals surface area contributed by atoms with Gasteiger partial charge in [0.15, 0.2) is 0 Å². The maximum Gasteiger partial charge on any atom is 0.317 e. The van der Waals surface area contributed by atoms with Gasteiger partial charge in [0.1, 0.15) is 5.92 Å². The van der Waals surface area contributed by atoms with E-state index in [2.05, 4.69) is 5.32 Å². The minimum absolute atomic E-state index is 0.220. The first-order valence-corrected chi connectivity index (χ1v) is 8.01. The van der Waals surface area contributed by atoms with Gasteiger partial charge in [-0.25, -0.2) is 0 Å². The zero-order valence-electron chi connectivity index (χ0n) is 13.5. The summed E-state index contributed by atoms with van der Waals surface area (Å²) in [6, 6.07) is 17.6. The molecule has 0 fully saturated rings. The van der Waals surface area contributed by atoms with Crippen molar-refractivity contribution in [2.24, 2.45) is 5.73 Å². The highest BCUT2D eigenvalue weighted by molar-refractivity contribution is 5.82. The van der Waals surface area contributed by atoms with Gasteiger partial charge in [0.2, 0.25) is 0 Å². The minimum Gasteiger partial charge on any atom is -0.465 e. The molecule has 0 amide bonds. The lowest BCUT2D eigenvalue weighted by Gasteiger charge is -2.17. The summed E-state index contributed by atoms with van der Waals surface area (Å²) in [7, 11) is 0. The van der Waals surface area contributed by atoms with Crippen LogP contribution in [-0.4, -0.2) is 25.7 Å². The van der Waals surface area contributed by atoms with E-state index >= 15 is 0 Å². The van der Waals surface area contributed by atoms with Gasteiger partial charge >= 0.3 is 5.97 Å². The van der Waals surface area contributed by atoms with Crippen LogP contribution < -0.4 is 11.1 Å². The molecule has 2 aromatic carbocycles. The summed E-state index contributed by atoms with van der Waals surface area (Å²) in [4.78, 5) is 12.4. The highest BCUT2D eigenvalue weighted by Gasteiger charge is 2.23. The normalized spacial score (nSPS) is 11.7. The second-order valence-corrected chi connectivity index (χ2v) is 5.29. The SMILES string of the molecule is CCOC(=O)C(c1ccccc1)c1ccc(NCCCN)cc1. The van der Waals surface area contributed by atoms with Crippen molar-refractivity contribution in [3.63, 3.8) is 0 Å². The molecule has 0 heterocycles. The Balaban J connectivity index is 2.20. The van der Waals surface area contributed by atoms with Crippen molar-refractivity contribution in [3.8, 4) is 0 Å². The van der Waals surface area contributed by atoms with Crippen molar-refractivity contribution < 1.29 is 9.53 Å². The molecule has 23 heavy (non-hydrogen) atoms. The first-order chi connectivity index (χ1) is 11.3. The topological polar surface area (TPSA) is 64.3 Å². The molecular weight excluding hydrogens is 288 g/mol. The molecule has 3 N–H and O–H groups in total. The quantitative estimate of drug-likeness (QED) is 0.580. The van der Waals surface area contributed by atoms with Crippen LogP contribution in [0.1, 0.15) is 30.4 Å². The highest BCUT2D eigenvalue weighted by Crippen LogP contribution is 2.27. The van der Waals surface area contributed by atoms with E-state index in [0.717, 1.165) is 29.8 Å². The third-order valence-electron chi connectivity index (χ3n) is 3.61. The predicted octanol–water partition coefficient (Wildman–Crippen LogP) is 3.14. The number of nitrogens with one attached hydrogen (secondary N) is 1. The van der Waals surface area contributed by atoms with Crippen LogP contribution in [0.3, 0.4) is 0 Å². The molecule has 4 nitrogen and oxygen atoms in total. The molecule has 0 bridgehead atoms. The average molecular weight is 312 g/mol. The molecule has 2 rings (SSSR count). The van der Waals surface area contributed by atoms with Crippen LogP contribution in [0.2, 0.25) is 0 Å². The molecule has 2 aromatic rings. The van der Waals surface area contributed by atoms with E-state index in [1.165, 1.54) is 0 Å². The largest absolute Gasteiger partial charge is 0.465 e. The standard InChI is InChI=1S/C19H24N2O2/c1-2-23-19(22)18(15-7-4-3-5-8-15)16-9-11-17(12-10-16)21-14-6-13-20/h3-5,7-12,18,21H,2,6,13-14,20H2,1H3. The number of hydrogen-bond donors (Lipinski definition) is 2. The number of rotatable bonds is 8. The summed E-state index contributed by atoms with van der Waals surface area (Å²) >= 11 is 0. The molecule has 4 heteroatoms. The first kappa shape index (κ1) is 17.0. The Morgan fingerprint density at radius 1 is 1.09 bits per heavy atom. The smallest absolute Gasteiger partial charge is 0.317 e. The monoisotopic (exact) mass is 312 g/mol. The molecule has 0 aliphatic heterocycles. The van der Waals surface area contributed by atoms with Crippen molar-refractivity contribution in [2.75, 3.05) is 25.0 Å². The molecule has 0 saturated carbocycles. The Morgan fingerprint density at radius 2 is 1.74 bits per heavy atom. The number of carbonyl (C=O) groups excluding carboxylic acids is 1. The van der Waals surface area contributed by atoms with Gasteiger partial charge < -0.3 is 15.8 Å². The zero-order chi connectivity index (χ0) is 16.5. The Hall–Kier alpha value is -2.33. The van der Waals surface area contributed by atoms with Crippen molar-refractivity contribution in [1.82, 2.24) is 0 Å². The van der Waals surface area contributed by atoms with Crippen molar-refractivity contribution >= 4 is 11.7 Å². The third kappa shape index (κ3) is 4.83. The first-order valence-electron chi connectivity index (χ1n) is 8.01. The number of ether oxygens (including phenoxy) is 1. The summed E-state index contributed by atoms with van der Waals surface area (Å²) in [5.41, 5.74) is 8.39. The second-order valence-electron chi connectivity index (χ2n) is 5.29. The van der Waals surface area contributed by atoms with E-state index in [4.69, 9.17) is 10.5 Å². The zero-order valence-corrected chi connectivity index (χ0v) is 13.5. The van der Waals surface area contributed by atoms with E-state index in [-0.39, 0.29) is 5.97 Å². The molecular formula is C19H24N2O2. The van der Waals surface area contributed by atoms with E-state index in [1.807, 2.05) is 61.5 Å².